The van der Waals surface area contributed by atoms with Gasteiger partial charge in [-0.25, -0.2) is 4.79 Å². The van der Waals surface area contributed by atoms with Crippen molar-refractivity contribution in [3.05, 3.63) is 22.6 Å². The van der Waals surface area contributed by atoms with Gasteiger partial charge < -0.3 is 14.3 Å². The van der Waals surface area contributed by atoms with Crippen molar-refractivity contribution in [2.24, 2.45) is 0 Å². The Labute approximate surface area is 102 Å². The van der Waals surface area contributed by atoms with Crippen LogP contribution in [0.1, 0.15) is 47.2 Å². The molecule has 0 saturated carbocycles. The third-order valence-electron chi connectivity index (χ3n) is 2.75. The molecule has 0 unspecified atom stereocenters. The normalized spacial score (nSPS) is 10.6. The largest absolute Gasteiger partial charge is 0.465 e. The molecule has 0 aliphatic carbocycles. The molecule has 17 heavy (non-hydrogen) atoms. The number of carbonyl (C=O) groups excluding carboxylic acids is 1. The maximum Gasteiger partial charge on any atom is 0.341 e. The quantitative estimate of drug-likeness (QED) is 0.775. The fourth-order valence-corrected chi connectivity index (χ4v) is 1.88. The predicted molar refractivity (Wildman–Crippen MR) is 64.2 cm³/mol. The van der Waals surface area contributed by atoms with E-state index in [0.29, 0.717) is 24.2 Å². The average molecular weight is 240 g/mol. The number of ether oxygens (including phenoxy) is 1. The van der Waals surface area contributed by atoms with Crippen LogP contribution in [0.25, 0.3) is 0 Å². The Bertz CT molecular complexity index is 379. The summed E-state index contributed by atoms with van der Waals surface area (Å²) in [6.07, 6.45) is 2.93. The Morgan fingerprint density at radius 3 is 2.59 bits per heavy atom. The SMILES string of the molecule is CCCc1oc(CCCO)c(C(=O)OC)c1C. The lowest BCUT2D eigenvalue weighted by molar-refractivity contribution is 0.0597. The van der Waals surface area contributed by atoms with Gasteiger partial charge in [-0.3, -0.25) is 0 Å². The maximum absolute atomic E-state index is 11.7. The molecule has 4 nitrogen and oxygen atoms in total. The zero-order valence-electron chi connectivity index (χ0n) is 10.7. The van der Waals surface area contributed by atoms with Crippen LogP contribution in [0.5, 0.6) is 0 Å². The monoisotopic (exact) mass is 240 g/mol. The Morgan fingerprint density at radius 2 is 2.06 bits per heavy atom. The smallest absolute Gasteiger partial charge is 0.341 e. The molecule has 1 heterocycles. The van der Waals surface area contributed by atoms with Crippen LogP contribution in [-0.2, 0) is 17.6 Å². The van der Waals surface area contributed by atoms with E-state index in [4.69, 9.17) is 14.3 Å². The van der Waals surface area contributed by atoms with Crippen LogP contribution < -0.4 is 0 Å². The second-order valence-electron chi connectivity index (χ2n) is 4.02. The number of hydrogen-bond donors (Lipinski definition) is 1. The van der Waals surface area contributed by atoms with Gasteiger partial charge >= 0.3 is 5.97 Å². The van der Waals surface area contributed by atoms with E-state index >= 15 is 0 Å². The fourth-order valence-electron chi connectivity index (χ4n) is 1.88. The average Bonchev–Trinajstić information content (AvgIpc) is 2.63. The highest BCUT2D eigenvalue weighted by molar-refractivity contribution is 5.92. The molecule has 1 rings (SSSR count). The van der Waals surface area contributed by atoms with E-state index in [-0.39, 0.29) is 12.6 Å². The Kier molecular flexibility index (Phi) is 5.22. The molecule has 0 fully saturated rings. The summed E-state index contributed by atoms with van der Waals surface area (Å²) in [6, 6.07) is 0. The van der Waals surface area contributed by atoms with Crippen LogP contribution in [0.2, 0.25) is 0 Å². The van der Waals surface area contributed by atoms with Crippen LogP contribution in [0, 0.1) is 6.92 Å². The van der Waals surface area contributed by atoms with Gasteiger partial charge in [-0.1, -0.05) is 6.92 Å². The van der Waals surface area contributed by atoms with Gasteiger partial charge in [0.15, 0.2) is 0 Å². The van der Waals surface area contributed by atoms with Crippen molar-refractivity contribution in [3.8, 4) is 0 Å². The van der Waals surface area contributed by atoms with Crippen LogP contribution in [0.4, 0.5) is 0 Å². The lowest BCUT2D eigenvalue weighted by Gasteiger charge is -2.00. The number of methoxy groups -OCH3 is 1. The van der Waals surface area contributed by atoms with Crippen LogP contribution in [0.15, 0.2) is 4.42 Å². The second kappa shape index (κ2) is 6.45. The van der Waals surface area contributed by atoms with Crippen molar-refractivity contribution in [2.75, 3.05) is 13.7 Å². The number of hydrogen-bond acceptors (Lipinski definition) is 4. The van der Waals surface area contributed by atoms with Crippen molar-refractivity contribution < 1.29 is 19.1 Å². The molecule has 0 aromatic carbocycles. The topological polar surface area (TPSA) is 59.7 Å². The minimum atomic E-state index is -0.360. The van der Waals surface area contributed by atoms with Gasteiger partial charge in [0.25, 0.3) is 0 Å². The molecule has 0 bridgehead atoms. The van der Waals surface area contributed by atoms with E-state index in [1.54, 1.807) is 0 Å². The lowest BCUT2D eigenvalue weighted by atomic mass is 10.1. The summed E-state index contributed by atoms with van der Waals surface area (Å²) in [5.74, 6) is 1.12. The molecule has 0 radical (unpaired) electrons. The summed E-state index contributed by atoms with van der Waals surface area (Å²) in [5.41, 5.74) is 1.40. The molecule has 1 aromatic heterocycles. The fraction of sp³-hybridized carbons (Fsp3) is 0.615. The highest BCUT2D eigenvalue weighted by Crippen LogP contribution is 2.25. The lowest BCUT2D eigenvalue weighted by Crippen LogP contribution is -2.05. The number of carbonyl (C=O) groups is 1. The van der Waals surface area contributed by atoms with E-state index in [2.05, 4.69) is 6.92 Å². The Morgan fingerprint density at radius 1 is 1.35 bits per heavy atom. The first-order chi connectivity index (χ1) is 8.15. The number of esters is 1. The van der Waals surface area contributed by atoms with Crippen LogP contribution in [0.3, 0.4) is 0 Å². The van der Waals surface area contributed by atoms with E-state index in [9.17, 15) is 4.79 Å². The zero-order chi connectivity index (χ0) is 12.8. The summed E-state index contributed by atoms with van der Waals surface area (Å²) in [7, 11) is 1.37. The minimum Gasteiger partial charge on any atom is -0.465 e. The molecule has 0 amide bonds. The van der Waals surface area contributed by atoms with Gasteiger partial charge in [-0.15, -0.1) is 0 Å². The molecule has 1 N–H and O–H groups in total. The molecule has 0 aliphatic rings. The highest BCUT2D eigenvalue weighted by Gasteiger charge is 2.22. The van der Waals surface area contributed by atoms with Gasteiger partial charge in [-0.05, 0) is 19.8 Å². The molecule has 1 aromatic rings. The van der Waals surface area contributed by atoms with Gasteiger partial charge in [-0.2, -0.15) is 0 Å². The summed E-state index contributed by atoms with van der Waals surface area (Å²) in [6.45, 7) is 4.03. The first kappa shape index (κ1) is 13.8. The molecule has 4 heteroatoms. The molecule has 0 saturated heterocycles. The first-order valence-corrected chi connectivity index (χ1v) is 5.96. The van der Waals surface area contributed by atoms with Crippen LogP contribution >= 0.6 is 0 Å². The maximum atomic E-state index is 11.7. The Balaban J connectivity index is 3.07. The third kappa shape index (κ3) is 3.09. The molecule has 0 aliphatic heterocycles. The van der Waals surface area contributed by atoms with Gasteiger partial charge in [0, 0.05) is 25.0 Å². The summed E-state index contributed by atoms with van der Waals surface area (Å²) < 4.78 is 10.5. The predicted octanol–water partition coefficient (Wildman–Crippen LogP) is 2.25. The van der Waals surface area contributed by atoms with Crippen molar-refractivity contribution in [1.82, 2.24) is 0 Å². The Hall–Kier alpha value is -1.29. The van der Waals surface area contributed by atoms with Crippen molar-refractivity contribution >= 4 is 5.97 Å². The molecular weight excluding hydrogens is 220 g/mol. The van der Waals surface area contributed by atoms with Gasteiger partial charge in [0.05, 0.1) is 7.11 Å². The summed E-state index contributed by atoms with van der Waals surface area (Å²) in [5, 5.41) is 8.84. The number of furan rings is 1. The zero-order valence-corrected chi connectivity index (χ0v) is 10.7. The number of rotatable bonds is 6. The standard InChI is InChI=1S/C13H20O4/c1-4-6-10-9(2)12(13(15)16-3)11(17-10)7-5-8-14/h14H,4-8H2,1-3H3. The number of aryl methyl sites for hydroxylation is 2. The highest BCUT2D eigenvalue weighted by atomic mass is 16.5. The minimum absolute atomic E-state index is 0.0868. The number of aliphatic hydroxyl groups is 1. The van der Waals surface area contributed by atoms with E-state index < -0.39 is 0 Å². The number of aliphatic hydroxyl groups excluding tert-OH is 1. The summed E-state index contributed by atoms with van der Waals surface area (Å²) in [4.78, 5) is 11.7. The summed E-state index contributed by atoms with van der Waals surface area (Å²) >= 11 is 0. The van der Waals surface area contributed by atoms with Crippen molar-refractivity contribution in [2.45, 2.75) is 39.5 Å². The van der Waals surface area contributed by atoms with Crippen molar-refractivity contribution in [1.29, 1.82) is 0 Å². The molecule has 96 valence electrons. The van der Waals surface area contributed by atoms with Gasteiger partial charge in [0.1, 0.15) is 17.1 Å². The van der Waals surface area contributed by atoms with Crippen LogP contribution in [-0.4, -0.2) is 24.8 Å². The first-order valence-electron chi connectivity index (χ1n) is 5.96. The van der Waals surface area contributed by atoms with Gasteiger partial charge in [0.2, 0.25) is 0 Å². The third-order valence-corrected chi connectivity index (χ3v) is 2.75. The van der Waals surface area contributed by atoms with E-state index in [1.807, 2.05) is 6.92 Å². The molecule has 0 atom stereocenters. The van der Waals surface area contributed by atoms with Crippen molar-refractivity contribution in [3.63, 3.8) is 0 Å². The van der Waals surface area contributed by atoms with E-state index in [1.165, 1.54) is 7.11 Å². The second-order valence-corrected chi connectivity index (χ2v) is 4.02. The van der Waals surface area contributed by atoms with E-state index in [0.717, 1.165) is 24.2 Å². The molecular formula is C13H20O4. The molecule has 0 spiro atoms.